The van der Waals surface area contributed by atoms with Crippen LogP contribution in [0.5, 0.6) is 0 Å². The maximum atomic E-state index is 15.0. The Labute approximate surface area is 212 Å². The highest BCUT2D eigenvalue weighted by molar-refractivity contribution is 6.05. The lowest BCUT2D eigenvalue weighted by Gasteiger charge is -2.30. The van der Waals surface area contributed by atoms with E-state index < -0.39 is 5.60 Å². The molecule has 2 heterocycles. The molecule has 0 bridgehead atoms. The molecule has 188 valence electrons. The number of benzene rings is 2. The first kappa shape index (κ1) is 25.5. The van der Waals surface area contributed by atoms with Gasteiger partial charge in [-0.25, -0.2) is 14.2 Å². The van der Waals surface area contributed by atoms with Gasteiger partial charge < -0.3 is 9.64 Å². The molecule has 4 rings (SSSR count). The number of Topliss-reactive ketones (excluding diaryl/α,β-unsaturated/α-hetero) is 1. The Balaban J connectivity index is 1.84. The Morgan fingerprint density at radius 3 is 2.44 bits per heavy atom. The number of hydrogen-bond acceptors (Lipinski definition) is 4. The maximum Gasteiger partial charge on any atom is 0.410 e. The van der Waals surface area contributed by atoms with Crippen molar-refractivity contribution >= 4 is 28.4 Å². The van der Waals surface area contributed by atoms with Crippen molar-refractivity contribution in [2.75, 3.05) is 13.1 Å². The Kier molecular flexibility index (Phi) is 6.98. The summed E-state index contributed by atoms with van der Waals surface area (Å²) in [5, 5.41) is 0.837. The molecule has 0 aliphatic carbocycles. The van der Waals surface area contributed by atoms with Crippen LogP contribution < -0.4 is 0 Å². The number of rotatable bonds is 4. The van der Waals surface area contributed by atoms with Gasteiger partial charge in [0.2, 0.25) is 0 Å². The van der Waals surface area contributed by atoms with E-state index in [-0.39, 0.29) is 17.7 Å². The number of amides is 1. The minimum absolute atomic E-state index is 0.0777. The first-order chi connectivity index (χ1) is 17.0. The van der Waals surface area contributed by atoms with Gasteiger partial charge >= 0.3 is 6.09 Å². The van der Waals surface area contributed by atoms with E-state index in [1.165, 1.54) is 6.07 Å². The zero-order valence-electron chi connectivity index (χ0n) is 21.9. The largest absolute Gasteiger partial charge is 0.444 e. The first-order valence-electron chi connectivity index (χ1n) is 12.4. The summed E-state index contributed by atoms with van der Waals surface area (Å²) >= 11 is 0. The summed E-state index contributed by atoms with van der Waals surface area (Å²) in [6.45, 7) is 12.5. The Morgan fingerprint density at radius 1 is 1.11 bits per heavy atom. The lowest BCUT2D eigenvalue weighted by atomic mass is 9.86. The fraction of sp³-hybridized carbons (Fsp3) is 0.367. The molecule has 5 nitrogen and oxygen atoms in total. The molecule has 0 saturated heterocycles. The third-order valence-electron chi connectivity index (χ3n) is 6.50. The van der Waals surface area contributed by atoms with E-state index in [0.29, 0.717) is 48.3 Å². The molecule has 0 saturated carbocycles. The number of carbonyl (C=O) groups is 2. The van der Waals surface area contributed by atoms with Crippen molar-refractivity contribution in [3.8, 4) is 11.1 Å². The zero-order valence-corrected chi connectivity index (χ0v) is 21.9. The number of halogens is 1. The van der Waals surface area contributed by atoms with Crippen LogP contribution in [0.3, 0.4) is 0 Å². The summed E-state index contributed by atoms with van der Waals surface area (Å²) in [5.41, 5.74) is 5.84. The van der Waals surface area contributed by atoms with Crippen LogP contribution in [0.4, 0.5) is 9.18 Å². The molecule has 0 N–H and O–H groups in total. The molecule has 1 aliphatic heterocycles. The molecule has 0 unspecified atom stereocenters. The van der Waals surface area contributed by atoms with Crippen molar-refractivity contribution in [3.05, 3.63) is 70.7 Å². The van der Waals surface area contributed by atoms with E-state index >= 15 is 0 Å². The van der Waals surface area contributed by atoms with E-state index in [1.54, 1.807) is 36.1 Å². The molecule has 1 amide bonds. The van der Waals surface area contributed by atoms with E-state index in [9.17, 15) is 14.0 Å². The zero-order chi connectivity index (χ0) is 26.2. The normalized spacial score (nSPS) is 14.1. The highest BCUT2D eigenvalue weighted by Crippen LogP contribution is 2.38. The summed E-state index contributed by atoms with van der Waals surface area (Å²) in [5.74, 6) is -0.419. The molecule has 1 aliphatic rings. The van der Waals surface area contributed by atoms with Gasteiger partial charge in [0.25, 0.3) is 0 Å². The molecule has 0 atom stereocenters. The number of aromatic nitrogens is 1. The monoisotopic (exact) mass is 488 g/mol. The third kappa shape index (κ3) is 5.03. The molecule has 36 heavy (non-hydrogen) atoms. The minimum atomic E-state index is -0.541. The number of pyridine rings is 1. The highest BCUT2D eigenvalue weighted by Gasteiger charge is 2.26. The molecular weight excluding hydrogens is 455 g/mol. The summed E-state index contributed by atoms with van der Waals surface area (Å²) < 4.78 is 20.5. The number of aryl methyl sites for hydroxylation is 2. The Bertz CT molecular complexity index is 1390. The van der Waals surface area contributed by atoms with Crippen LogP contribution in [-0.4, -0.2) is 40.5 Å². The van der Waals surface area contributed by atoms with Gasteiger partial charge in [0.15, 0.2) is 5.78 Å². The molecule has 0 spiro atoms. The van der Waals surface area contributed by atoms with Crippen molar-refractivity contribution in [2.24, 2.45) is 0 Å². The van der Waals surface area contributed by atoms with Crippen molar-refractivity contribution in [1.29, 1.82) is 0 Å². The Morgan fingerprint density at radius 2 is 1.83 bits per heavy atom. The minimum Gasteiger partial charge on any atom is -0.444 e. The lowest BCUT2D eigenvalue weighted by Crippen LogP contribution is -2.39. The standard InChI is InChI=1S/C30H33FN2O3/c1-7-26(34)24-17-22(21-10-8-9-11-23(21)31)28-19(3)27(18(2)16-25(28)32-24)20-12-14-33(15-13-20)29(35)36-30(4,5)6/h8-12,16-17H,7,13-15H2,1-6H3. The van der Waals surface area contributed by atoms with Crippen molar-refractivity contribution < 1.29 is 18.7 Å². The maximum absolute atomic E-state index is 15.0. The predicted octanol–water partition coefficient (Wildman–Crippen LogP) is 7.27. The van der Waals surface area contributed by atoms with Crippen molar-refractivity contribution in [3.63, 3.8) is 0 Å². The first-order valence-corrected chi connectivity index (χ1v) is 12.4. The molecule has 1 aromatic heterocycles. The molecule has 0 fully saturated rings. The van der Waals surface area contributed by atoms with Gasteiger partial charge in [0.1, 0.15) is 17.1 Å². The SMILES string of the molecule is CCC(=O)c1cc(-c2ccccc2F)c2c(C)c(C3=CCN(C(=O)OC(C)(C)C)CC3)c(C)cc2n1. The highest BCUT2D eigenvalue weighted by atomic mass is 19.1. The quantitative estimate of drug-likeness (QED) is 0.362. The number of hydrogen-bond donors (Lipinski definition) is 0. The van der Waals surface area contributed by atoms with Crippen LogP contribution in [0, 0.1) is 19.7 Å². The molecule has 3 aromatic rings. The van der Waals surface area contributed by atoms with Gasteiger partial charge in [-0.2, -0.15) is 0 Å². The topological polar surface area (TPSA) is 59.5 Å². The van der Waals surface area contributed by atoms with Crippen LogP contribution in [0.2, 0.25) is 0 Å². The summed E-state index contributed by atoms with van der Waals surface area (Å²) in [6, 6.07) is 10.3. The predicted molar refractivity (Wildman–Crippen MR) is 142 cm³/mol. The molecule has 2 aromatic carbocycles. The second-order valence-electron chi connectivity index (χ2n) is 10.3. The van der Waals surface area contributed by atoms with Crippen LogP contribution in [0.25, 0.3) is 27.6 Å². The van der Waals surface area contributed by atoms with Crippen LogP contribution in [0.15, 0.2) is 42.5 Å². The van der Waals surface area contributed by atoms with E-state index in [0.717, 1.165) is 27.6 Å². The smallest absolute Gasteiger partial charge is 0.410 e. The molecular formula is C30H33FN2O3. The number of fused-ring (bicyclic) bond motifs is 1. The van der Waals surface area contributed by atoms with Crippen molar-refractivity contribution in [2.45, 2.75) is 60.0 Å². The summed E-state index contributed by atoms with van der Waals surface area (Å²) in [7, 11) is 0. The van der Waals surface area contributed by atoms with Gasteiger partial charge in [-0.3, -0.25) is 4.79 Å². The average Bonchev–Trinajstić information content (AvgIpc) is 2.82. The molecule has 6 heteroatoms. The van der Waals surface area contributed by atoms with Gasteiger partial charge in [-0.15, -0.1) is 0 Å². The second-order valence-corrected chi connectivity index (χ2v) is 10.3. The second kappa shape index (κ2) is 9.84. The van der Waals surface area contributed by atoms with Crippen LogP contribution >= 0.6 is 0 Å². The fourth-order valence-corrected chi connectivity index (χ4v) is 4.86. The van der Waals surface area contributed by atoms with Gasteiger partial charge in [-0.05, 0) is 87.1 Å². The van der Waals surface area contributed by atoms with Gasteiger partial charge in [-0.1, -0.05) is 31.2 Å². The fourth-order valence-electron chi connectivity index (χ4n) is 4.86. The van der Waals surface area contributed by atoms with Crippen LogP contribution in [-0.2, 0) is 4.74 Å². The Hall–Kier alpha value is -3.54. The number of ketones is 1. The van der Waals surface area contributed by atoms with Crippen molar-refractivity contribution in [1.82, 2.24) is 9.88 Å². The van der Waals surface area contributed by atoms with Gasteiger partial charge in [0, 0.05) is 30.5 Å². The summed E-state index contributed by atoms with van der Waals surface area (Å²) in [4.78, 5) is 31.5. The number of nitrogens with zero attached hydrogens (tertiary/aromatic N) is 2. The molecule has 0 radical (unpaired) electrons. The number of ether oxygens (including phenoxy) is 1. The lowest BCUT2D eigenvalue weighted by molar-refractivity contribution is 0.0270. The summed E-state index contributed by atoms with van der Waals surface area (Å²) in [6.07, 6.45) is 2.76. The van der Waals surface area contributed by atoms with E-state index in [4.69, 9.17) is 4.74 Å². The average molecular weight is 489 g/mol. The van der Waals surface area contributed by atoms with Gasteiger partial charge in [0.05, 0.1) is 5.52 Å². The van der Waals surface area contributed by atoms with Crippen LogP contribution in [0.1, 0.15) is 67.7 Å². The van der Waals surface area contributed by atoms with E-state index in [2.05, 4.69) is 11.1 Å². The third-order valence-corrected chi connectivity index (χ3v) is 6.50. The number of carbonyl (C=O) groups excluding carboxylic acids is 2. The van der Waals surface area contributed by atoms with E-state index in [1.807, 2.05) is 40.7 Å².